The van der Waals surface area contributed by atoms with Crippen molar-refractivity contribution < 1.29 is 13.6 Å². The zero-order valence-corrected chi connectivity index (χ0v) is 15.5. The molecule has 4 heteroatoms. The SMILES string of the molecule is CCCCC(CC)COP(Oc1ccccc1)Oc1ccccc1. The van der Waals surface area contributed by atoms with Crippen molar-refractivity contribution in [3.05, 3.63) is 60.7 Å². The highest BCUT2D eigenvalue weighted by atomic mass is 31.2. The van der Waals surface area contributed by atoms with Crippen LogP contribution >= 0.6 is 8.60 Å². The molecule has 0 radical (unpaired) electrons. The lowest BCUT2D eigenvalue weighted by Crippen LogP contribution is -2.10. The maximum absolute atomic E-state index is 6.02. The Morgan fingerprint density at radius 2 is 1.38 bits per heavy atom. The van der Waals surface area contributed by atoms with Gasteiger partial charge < -0.3 is 9.05 Å². The van der Waals surface area contributed by atoms with Gasteiger partial charge >= 0.3 is 8.60 Å². The lowest BCUT2D eigenvalue weighted by Gasteiger charge is -2.20. The van der Waals surface area contributed by atoms with E-state index in [0.717, 1.165) is 17.9 Å². The van der Waals surface area contributed by atoms with Crippen molar-refractivity contribution in [3.63, 3.8) is 0 Å². The van der Waals surface area contributed by atoms with Gasteiger partial charge in [0.2, 0.25) is 0 Å². The van der Waals surface area contributed by atoms with Crippen LogP contribution in [0.1, 0.15) is 39.5 Å². The predicted molar refractivity (Wildman–Crippen MR) is 100 cm³/mol. The molecule has 0 aliphatic carbocycles. The van der Waals surface area contributed by atoms with E-state index in [1.165, 1.54) is 19.3 Å². The van der Waals surface area contributed by atoms with Gasteiger partial charge in [0.25, 0.3) is 0 Å². The fraction of sp³-hybridized carbons (Fsp3) is 0.400. The van der Waals surface area contributed by atoms with Crippen LogP contribution in [0.4, 0.5) is 0 Å². The summed E-state index contributed by atoms with van der Waals surface area (Å²) in [7, 11) is -1.47. The summed E-state index contributed by atoms with van der Waals surface area (Å²) in [6, 6.07) is 19.4. The highest BCUT2D eigenvalue weighted by Gasteiger charge is 2.19. The molecule has 0 heterocycles. The zero-order chi connectivity index (χ0) is 17.0. The van der Waals surface area contributed by atoms with Gasteiger partial charge in [0.05, 0.1) is 6.61 Å². The predicted octanol–water partition coefficient (Wildman–Crippen LogP) is 6.60. The highest BCUT2D eigenvalue weighted by molar-refractivity contribution is 7.42. The smallest absolute Gasteiger partial charge is 0.418 e. The zero-order valence-electron chi connectivity index (χ0n) is 14.6. The Bertz CT molecular complexity index is 506. The van der Waals surface area contributed by atoms with E-state index in [4.69, 9.17) is 13.6 Å². The van der Waals surface area contributed by atoms with Crippen LogP contribution in [-0.2, 0) is 4.52 Å². The Hall–Kier alpha value is -1.57. The molecule has 24 heavy (non-hydrogen) atoms. The number of rotatable bonds is 11. The molecule has 0 saturated carbocycles. The molecule has 0 amide bonds. The first-order valence-corrected chi connectivity index (χ1v) is 9.80. The fourth-order valence-electron chi connectivity index (χ4n) is 2.27. The van der Waals surface area contributed by atoms with E-state index in [9.17, 15) is 0 Å². The lowest BCUT2D eigenvalue weighted by atomic mass is 10.0. The summed E-state index contributed by atoms with van der Waals surface area (Å²) in [6.07, 6.45) is 4.75. The van der Waals surface area contributed by atoms with Gasteiger partial charge in [-0.05, 0) is 36.6 Å². The monoisotopic (exact) mass is 346 g/mol. The number of hydrogen-bond acceptors (Lipinski definition) is 3. The van der Waals surface area contributed by atoms with Crippen molar-refractivity contribution in [1.29, 1.82) is 0 Å². The van der Waals surface area contributed by atoms with Crippen LogP contribution in [0.5, 0.6) is 11.5 Å². The van der Waals surface area contributed by atoms with E-state index >= 15 is 0 Å². The van der Waals surface area contributed by atoms with Gasteiger partial charge in [-0.25, -0.2) is 0 Å². The van der Waals surface area contributed by atoms with Crippen LogP contribution in [0.15, 0.2) is 60.7 Å². The van der Waals surface area contributed by atoms with Crippen molar-refractivity contribution in [3.8, 4) is 11.5 Å². The van der Waals surface area contributed by atoms with Crippen molar-refractivity contribution in [2.75, 3.05) is 6.61 Å². The molecular formula is C20H27O3P. The van der Waals surface area contributed by atoms with Crippen LogP contribution < -0.4 is 9.05 Å². The van der Waals surface area contributed by atoms with E-state index in [1.807, 2.05) is 60.7 Å². The highest BCUT2D eigenvalue weighted by Crippen LogP contribution is 2.42. The molecule has 0 spiro atoms. The van der Waals surface area contributed by atoms with Gasteiger partial charge in [-0.2, -0.15) is 0 Å². The fourth-order valence-corrected chi connectivity index (χ4v) is 3.33. The van der Waals surface area contributed by atoms with E-state index in [-0.39, 0.29) is 0 Å². The van der Waals surface area contributed by atoms with Crippen molar-refractivity contribution in [1.82, 2.24) is 0 Å². The van der Waals surface area contributed by atoms with Crippen molar-refractivity contribution >= 4 is 8.60 Å². The Kier molecular flexibility index (Phi) is 8.65. The second-order valence-electron chi connectivity index (χ2n) is 5.74. The molecule has 2 rings (SSSR count). The van der Waals surface area contributed by atoms with Crippen LogP contribution in [-0.4, -0.2) is 6.61 Å². The lowest BCUT2D eigenvalue weighted by molar-refractivity contribution is 0.208. The summed E-state index contributed by atoms with van der Waals surface area (Å²) in [6.45, 7) is 5.10. The molecule has 130 valence electrons. The third-order valence-electron chi connectivity index (χ3n) is 3.81. The van der Waals surface area contributed by atoms with Gasteiger partial charge in [0.1, 0.15) is 11.5 Å². The second kappa shape index (κ2) is 11.1. The number of para-hydroxylation sites is 2. The summed E-state index contributed by atoms with van der Waals surface area (Å²) < 4.78 is 17.9. The van der Waals surface area contributed by atoms with E-state index in [2.05, 4.69) is 13.8 Å². The quantitative estimate of drug-likeness (QED) is 0.429. The summed E-state index contributed by atoms with van der Waals surface area (Å²) in [4.78, 5) is 0. The van der Waals surface area contributed by atoms with Gasteiger partial charge in [0, 0.05) is 0 Å². The Morgan fingerprint density at radius 3 is 1.83 bits per heavy atom. The van der Waals surface area contributed by atoms with Gasteiger partial charge in [-0.1, -0.05) is 69.5 Å². The molecular weight excluding hydrogens is 319 g/mol. The van der Waals surface area contributed by atoms with Crippen molar-refractivity contribution in [2.45, 2.75) is 39.5 Å². The van der Waals surface area contributed by atoms with Crippen LogP contribution in [0, 0.1) is 5.92 Å². The molecule has 3 nitrogen and oxygen atoms in total. The molecule has 0 aliphatic heterocycles. The van der Waals surface area contributed by atoms with Crippen LogP contribution in [0.25, 0.3) is 0 Å². The maximum atomic E-state index is 6.02. The maximum Gasteiger partial charge on any atom is 0.463 e. The molecule has 2 aromatic carbocycles. The molecule has 1 unspecified atom stereocenters. The van der Waals surface area contributed by atoms with Gasteiger partial charge in [0.15, 0.2) is 0 Å². The first-order chi connectivity index (χ1) is 11.8. The second-order valence-corrected chi connectivity index (χ2v) is 6.82. The van der Waals surface area contributed by atoms with Gasteiger partial charge in [-0.3, -0.25) is 4.52 Å². The molecule has 0 N–H and O–H groups in total. The molecule has 0 aromatic heterocycles. The Morgan fingerprint density at radius 1 is 0.833 bits per heavy atom. The first-order valence-electron chi connectivity index (χ1n) is 8.70. The van der Waals surface area contributed by atoms with Crippen LogP contribution in [0.2, 0.25) is 0 Å². The minimum absolute atomic E-state index is 0.550. The molecule has 0 saturated heterocycles. The molecule has 0 fully saturated rings. The summed E-state index contributed by atoms with van der Waals surface area (Å²) in [5.74, 6) is 2.08. The van der Waals surface area contributed by atoms with Crippen LogP contribution in [0.3, 0.4) is 0 Å². The number of hydrogen-bond donors (Lipinski definition) is 0. The summed E-state index contributed by atoms with van der Waals surface area (Å²) in [5.41, 5.74) is 0. The largest absolute Gasteiger partial charge is 0.463 e. The van der Waals surface area contributed by atoms with E-state index < -0.39 is 8.60 Å². The minimum atomic E-state index is -1.47. The van der Waals surface area contributed by atoms with E-state index in [0.29, 0.717) is 12.5 Å². The normalized spacial score (nSPS) is 12.1. The Balaban J connectivity index is 1.96. The number of unbranched alkanes of at least 4 members (excludes halogenated alkanes) is 1. The standard InChI is InChI=1S/C20H27O3P/c1-3-5-12-18(4-2)17-21-24(22-19-13-8-6-9-14-19)23-20-15-10-7-11-16-20/h6-11,13-16,18H,3-5,12,17H2,1-2H3. The Labute approximate surface area is 147 Å². The third kappa shape index (κ3) is 6.90. The van der Waals surface area contributed by atoms with E-state index in [1.54, 1.807) is 0 Å². The molecule has 0 aliphatic rings. The van der Waals surface area contributed by atoms with Crippen molar-refractivity contribution in [2.24, 2.45) is 5.92 Å². The first kappa shape index (κ1) is 18.8. The molecule has 2 aromatic rings. The molecule has 0 bridgehead atoms. The minimum Gasteiger partial charge on any atom is -0.418 e. The average Bonchev–Trinajstić information content (AvgIpc) is 2.63. The third-order valence-corrected chi connectivity index (χ3v) is 4.88. The summed E-state index contributed by atoms with van der Waals surface area (Å²) >= 11 is 0. The molecule has 1 atom stereocenters. The topological polar surface area (TPSA) is 27.7 Å². The number of benzene rings is 2. The van der Waals surface area contributed by atoms with Gasteiger partial charge in [-0.15, -0.1) is 0 Å². The average molecular weight is 346 g/mol. The summed E-state index contributed by atoms with van der Waals surface area (Å²) in [5, 5.41) is 0.